The number of rotatable bonds is 6. The van der Waals surface area contributed by atoms with Crippen LogP contribution in [0.2, 0.25) is 0 Å². The minimum Gasteiger partial charge on any atom is -0.378 e. The molecule has 2 aliphatic rings. The molecule has 0 bridgehead atoms. The molecule has 0 unspecified atom stereocenters. The second kappa shape index (κ2) is 8.21. The molecule has 1 saturated heterocycles. The van der Waals surface area contributed by atoms with Gasteiger partial charge in [-0.05, 0) is 31.6 Å². The first kappa shape index (κ1) is 18.2. The Morgan fingerprint density at radius 2 is 2.04 bits per heavy atom. The number of carbonyl (C=O) groups is 1. The summed E-state index contributed by atoms with van der Waals surface area (Å²) in [7, 11) is 1.66. The fourth-order valence-electron chi connectivity index (χ4n) is 4.31. The van der Waals surface area contributed by atoms with E-state index in [9.17, 15) is 4.79 Å². The summed E-state index contributed by atoms with van der Waals surface area (Å²) in [6, 6.07) is 2.28. The monoisotopic (exact) mass is 372 g/mol. The molecule has 8 heteroatoms. The molecule has 27 heavy (non-hydrogen) atoms. The lowest BCUT2D eigenvalue weighted by Gasteiger charge is -2.34. The van der Waals surface area contributed by atoms with Crippen LogP contribution < -0.4 is 10.2 Å². The van der Waals surface area contributed by atoms with Gasteiger partial charge in [0.2, 0.25) is 5.91 Å². The van der Waals surface area contributed by atoms with Crippen LogP contribution in [-0.2, 0) is 16.1 Å². The van der Waals surface area contributed by atoms with Crippen molar-refractivity contribution in [2.75, 3.05) is 25.1 Å². The first-order valence-electron chi connectivity index (χ1n) is 9.96. The maximum Gasteiger partial charge on any atom is 0.254 e. The summed E-state index contributed by atoms with van der Waals surface area (Å²) in [5.41, 5.74) is 0.847. The van der Waals surface area contributed by atoms with E-state index in [0.29, 0.717) is 24.7 Å². The van der Waals surface area contributed by atoms with E-state index in [2.05, 4.69) is 25.3 Å². The molecule has 1 N–H and O–H groups in total. The van der Waals surface area contributed by atoms with E-state index in [0.717, 1.165) is 37.4 Å². The highest BCUT2D eigenvalue weighted by molar-refractivity contribution is 5.76. The van der Waals surface area contributed by atoms with E-state index in [1.807, 2.05) is 6.07 Å². The largest absolute Gasteiger partial charge is 0.378 e. The van der Waals surface area contributed by atoms with Gasteiger partial charge < -0.3 is 15.0 Å². The van der Waals surface area contributed by atoms with Gasteiger partial charge >= 0.3 is 0 Å². The molecule has 3 heterocycles. The van der Waals surface area contributed by atoms with Crippen molar-refractivity contribution in [3.05, 3.63) is 18.1 Å². The summed E-state index contributed by atoms with van der Waals surface area (Å²) in [5.74, 6) is 2.40. The van der Waals surface area contributed by atoms with Crippen molar-refractivity contribution in [3.63, 3.8) is 0 Å². The van der Waals surface area contributed by atoms with E-state index in [1.54, 1.807) is 11.6 Å². The fraction of sp³-hybridized carbons (Fsp3) is 0.684. The Kier molecular flexibility index (Phi) is 5.52. The number of hydrogen-bond acceptors (Lipinski definition) is 6. The summed E-state index contributed by atoms with van der Waals surface area (Å²) < 4.78 is 7.00. The zero-order valence-electron chi connectivity index (χ0n) is 15.9. The normalized spacial score (nSPS) is 19.1. The third-order valence-electron chi connectivity index (χ3n) is 5.71. The molecule has 1 saturated carbocycles. The Balaban J connectivity index is 1.37. The van der Waals surface area contributed by atoms with Crippen molar-refractivity contribution in [1.29, 1.82) is 0 Å². The molecule has 0 atom stereocenters. The van der Waals surface area contributed by atoms with Crippen molar-refractivity contribution < 1.29 is 9.53 Å². The number of carbonyl (C=O) groups excluding carboxylic acids is 1. The predicted octanol–water partition coefficient (Wildman–Crippen LogP) is 1.94. The number of amides is 1. The highest BCUT2D eigenvalue weighted by atomic mass is 16.5. The number of aromatic nitrogens is 4. The number of anilines is 1. The Hall–Kier alpha value is -2.22. The molecular weight excluding hydrogens is 344 g/mol. The molecule has 2 fully saturated rings. The lowest BCUT2D eigenvalue weighted by atomic mass is 10.0. The van der Waals surface area contributed by atoms with Crippen molar-refractivity contribution in [2.45, 2.75) is 57.6 Å². The number of ether oxygens (including phenoxy) is 1. The van der Waals surface area contributed by atoms with Crippen LogP contribution in [0.4, 0.5) is 5.82 Å². The molecule has 1 amide bonds. The standard InChI is InChI=1S/C19H28N6O2/c1-27-12-16-11-18(25-19(23-16)20-13-21-25)24-8-6-15(7-9-24)22-17(26)10-14-4-2-3-5-14/h11,13-15H,2-10,12H2,1H3,(H,22,26). The van der Waals surface area contributed by atoms with Crippen molar-refractivity contribution in [3.8, 4) is 0 Å². The zero-order valence-corrected chi connectivity index (χ0v) is 15.9. The summed E-state index contributed by atoms with van der Waals surface area (Å²) in [4.78, 5) is 23.3. The molecule has 8 nitrogen and oxygen atoms in total. The Bertz CT molecular complexity index is 778. The maximum absolute atomic E-state index is 12.3. The van der Waals surface area contributed by atoms with Gasteiger partial charge in [0.05, 0.1) is 12.3 Å². The van der Waals surface area contributed by atoms with Crippen LogP contribution in [0, 0.1) is 5.92 Å². The molecule has 2 aromatic rings. The van der Waals surface area contributed by atoms with E-state index in [-0.39, 0.29) is 11.9 Å². The van der Waals surface area contributed by atoms with Crippen molar-refractivity contribution in [1.82, 2.24) is 24.9 Å². The first-order chi connectivity index (χ1) is 13.2. The Morgan fingerprint density at radius 3 is 2.78 bits per heavy atom. The van der Waals surface area contributed by atoms with E-state index in [4.69, 9.17) is 4.74 Å². The van der Waals surface area contributed by atoms with Gasteiger partial charge in [-0.25, -0.2) is 4.98 Å². The maximum atomic E-state index is 12.3. The first-order valence-corrected chi connectivity index (χ1v) is 9.96. The van der Waals surface area contributed by atoms with Crippen LogP contribution in [0.25, 0.3) is 5.78 Å². The van der Waals surface area contributed by atoms with Gasteiger partial charge in [0, 0.05) is 38.7 Å². The molecule has 2 aromatic heterocycles. The molecule has 0 spiro atoms. The molecule has 4 rings (SSSR count). The lowest BCUT2D eigenvalue weighted by molar-refractivity contribution is -0.122. The van der Waals surface area contributed by atoms with Gasteiger partial charge in [-0.1, -0.05) is 12.8 Å². The summed E-state index contributed by atoms with van der Waals surface area (Å²) in [6.07, 6.45) is 9.09. The van der Waals surface area contributed by atoms with Crippen molar-refractivity contribution in [2.24, 2.45) is 5.92 Å². The van der Waals surface area contributed by atoms with Gasteiger partial charge in [0.25, 0.3) is 5.78 Å². The SMILES string of the molecule is COCc1cc(N2CCC(NC(=O)CC3CCCC3)CC2)n2ncnc2n1. The number of hydrogen-bond donors (Lipinski definition) is 1. The smallest absolute Gasteiger partial charge is 0.254 e. The molecule has 0 radical (unpaired) electrons. The second-order valence-electron chi connectivity index (χ2n) is 7.69. The van der Waals surface area contributed by atoms with Gasteiger partial charge in [0.1, 0.15) is 12.1 Å². The quantitative estimate of drug-likeness (QED) is 0.834. The minimum atomic E-state index is 0.227. The number of nitrogens with one attached hydrogen (secondary N) is 1. The molecular formula is C19H28N6O2. The molecule has 146 valence electrons. The van der Waals surface area contributed by atoms with Gasteiger partial charge in [0.15, 0.2) is 0 Å². The van der Waals surface area contributed by atoms with Crippen LogP contribution in [0.3, 0.4) is 0 Å². The average molecular weight is 372 g/mol. The highest BCUT2D eigenvalue weighted by Crippen LogP contribution is 2.27. The zero-order chi connectivity index (χ0) is 18.6. The van der Waals surface area contributed by atoms with Gasteiger partial charge in [-0.3, -0.25) is 4.79 Å². The minimum absolute atomic E-state index is 0.227. The van der Waals surface area contributed by atoms with Crippen LogP contribution in [0.15, 0.2) is 12.4 Å². The van der Waals surface area contributed by atoms with Crippen LogP contribution >= 0.6 is 0 Å². The third-order valence-corrected chi connectivity index (χ3v) is 5.71. The third kappa shape index (κ3) is 4.21. The van der Waals surface area contributed by atoms with Gasteiger partial charge in [-0.15, -0.1) is 0 Å². The molecule has 0 aromatic carbocycles. The van der Waals surface area contributed by atoms with Crippen LogP contribution in [0.1, 0.15) is 50.6 Å². The predicted molar refractivity (Wildman–Crippen MR) is 101 cm³/mol. The second-order valence-corrected chi connectivity index (χ2v) is 7.69. The summed E-state index contributed by atoms with van der Waals surface area (Å²) in [6.45, 7) is 2.20. The number of fused-ring (bicyclic) bond motifs is 1. The Morgan fingerprint density at radius 1 is 1.26 bits per heavy atom. The number of nitrogens with zero attached hydrogens (tertiary/aromatic N) is 5. The molecule has 1 aliphatic carbocycles. The Labute approximate surface area is 159 Å². The number of piperidine rings is 1. The fourth-order valence-corrected chi connectivity index (χ4v) is 4.31. The van der Waals surface area contributed by atoms with Gasteiger partial charge in [-0.2, -0.15) is 14.6 Å². The lowest BCUT2D eigenvalue weighted by Crippen LogP contribution is -2.45. The van der Waals surface area contributed by atoms with Crippen molar-refractivity contribution >= 4 is 17.5 Å². The van der Waals surface area contributed by atoms with E-state index in [1.165, 1.54) is 32.0 Å². The summed E-state index contributed by atoms with van der Waals surface area (Å²) in [5, 5.41) is 7.56. The average Bonchev–Trinajstić information content (AvgIpc) is 3.33. The molecule has 1 aliphatic heterocycles. The van der Waals surface area contributed by atoms with Crippen LogP contribution in [0.5, 0.6) is 0 Å². The van der Waals surface area contributed by atoms with Crippen LogP contribution in [-0.4, -0.2) is 51.7 Å². The topological polar surface area (TPSA) is 84.7 Å². The number of methoxy groups -OCH3 is 1. The highest BCUT2D eigenvalue weighted by Gasteiger charge is 2.25. The van der Waals surface area contributed by atoms with E-state index < -0.39 is 0 Å². The van der Waals surface area contributed by atoms with E-state index >= 15 is 0 Å². The summed E-state index contributed by atoms with van der Waals surface area (Å²) >= 11 is 0.